The van der Waals surface area contributed by atoms with E-state index in [1.807, 2.05) is 51.1 Å². The Kier molecular flexibility index (Phi) is 12.8. The highest BCUT2D eigenvalue weighted by molar-refractivity contribution is 6.12. The quantitative estimate of drug-likeness (QED) is 0.0857. The number of Topliss-reactive ketones (excluding diaryl/α,β-unsaturated/α-hetero) is 1. The van der Waals surface area contributed by atoms with Gasteiger partial charge >= 0.3 is 5.97 Å². The zero-order chi connectivity index (χ0) is 40.8. The van der Waals surface area contributed by atoms with Crippen LogP contribution in [0.3, 0.4) is 0 Å². The first-order valence-electron chi connectivity index (χ1n) is 19.2. The van der Waals surface area contributed by atoms with E-state index in [1.165, 1.54) is 12.2 Å². The van der Waals surface area contributed by atoms with Gasteiger partial charge in [0.2, 0.25) is 0 Å². The molecule has 0 fully saturated rings. The maximum Gasteiger partial charge on any atom is 0.303 e. The van der Waals surface area contributed by atoms with Crippen LogP contribution in [0.4, 0.5) is 0 Å². The third kappa shape index (κ3) is 9.03. The number of aliphatic carboxylic acids is 1. The molecule has 0 radical (unpaired) electrons. The Balaban J connectivity index is 1.24. The van der Waals surface area contributed by atoms with Crippen molar-refractivity contribution in [3.63, 3.8) is 0 Å². The summed E-state index contributed by atoms with van der Waals surface area (Å²) in [6.45, 7) is 17.7. The molecule has 2 amide bonds. The number of imide groups is 1. The molecule has 0 aliphatic carbocycles. The van der Waals surface area contributed by atoms with Crippen LogP contribution in [0, 0.1) is 13.8 Å². The van der Waals surface area contributed by atoms with Crippen LogP contribution in [0.5, 0.6) is 0 Å². The lowest BCUT2D eigenvalue weighted by molar-refractivity contribution is -0.138. The van der Waals surface area contributed by atoms with Gasteiger partial charge in [0.15, 0.2) is 0 Å². The molecule has 6 heterocycles. The number of hydrogen-bond donors (Lipinski definition) is 3. The summed E-state index contributed by atoms with van der Waals surface area (Å²) in [6, 6.07) is 8.03. The number of carboxylic acids is 1. The smallest absolute Gasteiger partial charge is 0.303 e. The first kappa shape index (κ1) is 40.7. The molecular weight excluding hydrogens is 723 g/mol. The molecule has 0 saturated heterocycles. The largest absolute Gasteiger partial charge is 0.481 e. The van der Waals surface area contributed by atoms with Crippen molar-refractivity contribution in [2.75, 3.05) is 33.0 Å². The van der Waals surface area contributed by atoms with E-state index in [0.717, 1.165) is 82.9 Å². The van der Waals surface area contributed by atoms with E-state index in [9.17, 15) is 24.3 Å². The maximum absolute atomic E-state index is 13.2. The number of ether oxygens (including phenoxy) is 2. The fourth-order valence-electron chi connectivity index (χ4n) is 7.42. The van der Waals surface area contributed by atoms with Gasteiger partial charge in [0.1, 0.15) is 5.78 Å². The summed E-state index contributed by atoms with van der Waals surface area (Å²) >= 11 is 0. The van der Waals surface area contributed by atoms with Gasteiger partial charge in [-0.3, -0.25) is 24.1 Å². The van der Waals surface area contributed by atoms with Crippen molar-refractivity contribution in [2.45, 2.75) is 66.2 Å². The molecule has 8 bridgehead atoms. The Morgan fingerprint density at radius 1 is 0.684 bits per heavy atom. The summed E-state index contributed by atoms with van der Waals surface area (Å²) in [5.41, 5.74) is 14.0. The molecule has 3 aliphatic rings. The minimum Gasteiger partial charge on any atom is -0.481 e. The number of aromatic nitrogens is 4. The van der Waals surface area contributed by atoms with Crippen LogP contribution in [-0.4, -0.2) is 86.5 Å². The summed E-state index contributed by atoms with van der Waals surface area (Å²) in [4.78, 5) is 66.6. The predicted molar refractivity (Wildman–Crippen MR) is 223 cm³/mol. The third-order valence-electron chi connectivity index (χ3n) is 10.8. The minimum atomic E-state index is -0.889. The highest BCUT2D eigenvalue weighted by atomic mass is 16.5. The standard InChI is InChI=1S/C45H49N5O7/c1-7-31-26(3)35-22-36-28(5)33(12-11-30(51)10-9-18-56-20-21-57-19-17-50-43(52)14-15-44(50)53)41(48-36)25-42-34(13-16-45(54)55)29(6)38(49-42)24-40-32(8-2)27(4)37(47-40)23-39(31)46-35/h7-8,14-15,22-25,46-47H,1-2,9-13,16-21H2,3-6H3,(H,54,55). The number of fused-ring (bicyclic) bond motifs is 8. The van der Waals surface area contributed by atoms with Gasteiger partial charge in [-0.15, -0.1) is 0 Å². The van der Waals surface area contributed by atoms with Gasteiger partial charge < -0.3 is 24.5 Å². The Hall–Kier alpha value is -5.98. The van der Waals surface area contributed by atoms with Gasteiger partial charge in [0.05, 0.1) is 49.1 Å². The van der Waals surface area contributed by atoms with Gasteiger partial charge in [0, 0.05) is 71.2 Å². The lowest BCUT2D eigenvalue weighted by atomic mass is 9.97. The van der Waals surface area contributed by atoms with Crippen molar-refractivity contribution in [3.8, 4) is 0 Å². The van der Waals surface area contributed by atoms with Crippen LogP contribution >= 0.6 is 0 Å². The number of aromatic amines is 2. The first-order chi connectivity index (χ1) is 27.4. The number of carboxylic acid groups (broad SMARTS) is 1. The molecule has 12 nitrogen and oxygen atoms in total. The van der Waals surface area contributed by atoms with Gasteiger partial charge in [-0.2, -0.15) is 0 Å². The fourth-order valence-corrected chi connectivity index (χ4v) is 7.42. The van der Waals surface area contributed by atoms with Gasteiger partial charge in [-0.25, -0.2) is 9.97 Å². The molecule has 0 unspecified atom stereocenters. The number of allylic oxidation sites excluding steroid dienone is 4. The first-order valence-corrected chi connectivity index (χ1v) is 19.2. The molecule has 0 saturated carbocycles. The zero-order valence-corrected chi connectivity index (χ0v) is 33.0. The zero-order valence-electron chi connectivity index (χ0n) is 33.0. The molecule has 0 atom stereocenters. The van der Waals surface area contributed by atoms with Crippen molar-refractivity contribution >= 4 is 80.1 Å². The molecule has 0 aromatic carbocycles. The summed E-state index contributed by atoms with van der Waals surface area (Å²) < 4.78 is 11.1. The van der Waals surface area contributed by atoms with E-state index < -0.39 is 5.97 Å². The molecule has 3 N–H and O–H groups in total. The van der Waals surface area contributed by atoms with E-state index in [4.69, 9.17) is 19.4 Å². The van der Waals surface area contributed by atoms with E-state index in [1.54, 1.807) is 0 Å². The van der Waals surface area contributed by atoms with Crippen LogP contribution in [0.25, 0.3) is 56.5 Å². The number of amides is 2. The van der Waals surface area contributed by atoms with Crippen molar-refractivity contribution in [1.29, 1.82) is 0 Å². The molecule has 12 heteroatoms. The summed E-state index contributed by atoms with van der Waals surface area (Å²) in [5.74, 6) is -1.45. The fraction of sp³-hybridized carbons (Fsp3) is 0.333. The summed E-state index contributed by atoms with van der Waals surface area (Å²) in [7, 11) is 0. The van der Waals surface area contributed by atoms with Crippen molar-refractivity contribution in [3.05, 3.63) is 94.6 Å². The molecule has 3 aliphatic heterocycles. The maximum atomic E-state index is 13.2. The normalized spacial score (nSPS) is 14.0. The molecule has 3 aromatic rings. The summed E-state index contributed by atoms with van der Waals surface area (Å²) in [6.07, 6.45) is 8.14. The van der Waals surface area contributed by atoms with Crippen molar-refractivity contribution in [2.24, 2.45) is 0 Å². The number of carbonyl (C=O) groups is 4. The van der Waals surface area contributed by atoms with Crippen LogP contribution in [0.15, 0.2) is 49.6 Å². The number of ketones is 1. The molecule has 6 rings (SSSR count). The topological polar surface area (TPSA) is 168 Å². The second kappa shape index (κ2) is 17.9. The van der Waals surface area contributed by atoms with E-state index >= 15 is 0 Å². The molecule has 296 valence electrons. The van der Waals surface area contributed by atoms with Gasteiger partial charge in [-0.05, 0) is 105 Å². The number of H-pyrrole nitrogens is 2. The Morgan fingerprint density at radius 3 is 1.75 bits per heavy atom. The number of nitrogens with one attached hydrogen (secondary N) is 2. The van der Waals surface area contributed by atoms with E-state index in [-0.39, 0.29) is 37.2 Å². The Morgan fingerprint density at radius 2 is 1.19 bits per heavy atom. The Labute approximate surface area is 331 Å². The molecule has 57 heavy (non-hydrogen) atoms. The van der Waals surface area contributed by atoms with Gasteiger partial charge in [0.25, 0.3) is 11.8 Å². The highest BCUT2D eigenvalue weighted by Crippen LogP contribution is 2.38. The molecule has 0 spiro atoms. The minimum absolute atomic E-state index is 0.0448. The second-order valence-electron chi connectivity index (χ2n) is 14.4. The lowest BCUT2D eigenvalue weighted by Gasteiger charge is -2.13. The number of hydrogen-bond acceptors (Lipinski definition) is 8. The lowest BCUT2D eigenvalue weighted by Crippen LogP contribution is -2.33. The number of nitrogens with zero attached hydrogens (tertiary/aromatic N) is 3. The second-order valence-corrected chi connectivity index (χ2v) is 14.4. The third-order valence-corrected chi connectivity index (χ3v) is 10.8. The van der Waals surface area contributed by atoms with Gasteiger partial charge in [-0.1, -0.05) is 25.3 Å². The summed E-state index contributed by atoms with van der Waals surface area (Å²) in [5, 5.41) is 9.62. The number of carbonyl (C=O) groups excluding carboxylic acids is 3. The predicted octanol–water partition coefficient (Wildman–Crippen LogP) is 8.03. The van der Waals surface area contributed by atoms with E-state index in [2.05, 4.69) is 36.1 Å². The monoisotopic (exact) mass is 771 g/mol. The SMILES string of the molecule is C=Cc1c(C)c2cc3[nH]c(cc4nc(cc5nc(cc1[nH]2)C(C)=C5CCC(=O)O)C(CCC(=O)CCCOCCOCCN1C(=O)C=CC1=O)=C4C)c(C)c3C=C. The Bertz CT molecular complexity index is 2410. The average Bonchev–Trinajstić information content (AvgIpc) is 3.92. The molecular formula is C45H49N5O7. The number of aryl methyl sites for hydroxylation is 2. The van der Waals surface area contributed by atoms with Crippen molar-refractivity contribution < 1.29 is 33.8 Å². The van der Waals surface area contributed by atoms with Crippen molar-refractivity contribution in [1.82, 2.24) is 24.8 Å². The number of rotatable bonds is 18. The highest BCUT2D eigenvalue weighted by Gasteiger charge is 2.24. The van der Waals surface area contributed by atoms with Crippen LogP contribution in [0.2, 0.25) is 0 Å². The molecule has 3 aromatic heterocycles. The van der Waals surface area contributed by atoms with Crippen LogP contribution in [-0.2, 0) is 28.7 Å². The average molecular weight is 772 g/mol. The van der Waals surface area contributed by atoms with Crippen LogP contribution in [0.1, 0.15) is 97.4 Å². The van der Waals surface area contributed by atoms with Crippen LogP contribution < -0.4 is 0 Å². The van der Waals surface area contributed by atoms with E-state index in [0.29, 0.717) is 63.3 Å².